The number of fused-ring (bicyclic) bond motifs is 1. The largest absolute Gasteiger partial charge is 0.491 e. The van der Waals surface area contributed by atoms with Gasteiger partial charge in [-0.3, -0.25) is 4.79 Å². The molecule has 174 valence electrons. The number of aliphatic hydroxyl groups is 1. The molecule has 1 aromatic heterocycles. The molecule has 0 saturated carbocycles. The number of hydrogen-bond donors (Lipinski definition) is 1. The third-order valence-corrected chi connectivity index (χ3v) is 6.39. The maximum absolute atomic E-state index is 12.9. The molecule has 0 aliphatic carbocycles. The van der Waals surface area contributed by atoms with E-state index < -0.39 is 6.10 Å². The highest BCUT2D eigenvalue weighted by atomic mass is 35.5. The molecular weight excluding hydrogens is 450 g/mol. The summed E-state index contributed by atoms with van der Waals surface area (Å²) in [7, 11) is 0. The van der Waals surface area contributed by atoms with Crippen molar-refractivity contribution in [2.45, 2.75) is 31.9 Å². The fourth-order valence-electron chi connectivity index (χ4n) is 4.51. The molecular formula is C27H26ClN3O3. The van der Waals surface area contributed by atoms with Gasteiger partial charge < -0.3 is 19.3 Å². The first-order valence-corrected chi connectivity index (χ1v) is 11.7. The van der Waals surface area contributed by atoms with Crippen LogP contribution < -0.4 is 9.64 Å². The number of benzene rings is 3. The second-order valence-electron chi connectivity index (χ2n) is 8.73. The van der Waals surface area contributed by atoms with E-state index >= 15 is 0 Å². The van der Waals surface area contributed by atoms with Crippen LogP contribution in [0.25, 0.3) is 11.0 Å². The van der Waals surface area contributed by atoms with Gasteiger partial charge in [0.1, 0.15) is 24.3 Å². The lowest BCUT2D eigenvalue weighted by molar-refractivity contribution is -0.117. The van der Waals surface area contributed by atoms with Crippen LogP contribution in [0.5, 0.6) is 5.75 Å². The summed E-state index contributed by atoms with van der Waals surface area (Å²) in [5, 5.41) is 11.4. The minimum Gasteiger partial charge on any atom is -0.491 e. The van der Waals surface area contributed by atoms with Crippen molar-refractivity contribution < 1.29 is 14.6 Å². The maximum Gasteiger partial charge on any atom is 0.227 e. The number of rotatable bonds is 7. The first-order chi connectivity index (χ1) is 16.5. The number of aliphatic hydroxyl groups excluding tert-OH is 1. The van der Waals surface area contributed by atoms with Crippen LogP contribution in [0, 0.1) is 6.92 Å². The second kappa shape index (κ2) is 9.49. The molecule has 2 atom stereocenters. The van der Waals surface area contributed by atoms with E-state index in [4.69, 9.17) is 21.3 Å². The lowest BCUT2D eigenvalue weighted by atomic mass is 10.1. The maximum atomic E-state index is 12.9. The Bertz CT molecular complexity index is 1320. The minimum absolute atomic E-state index is 0.0650. The van der Waals surface area contributed by atoms with E-state index in [0.29, 0.717) is 30.3 Å². The van der Waals surface area contributed by atoms with E-state index in [2.05, 4.69) is 0 Å². The average molecular weight is 476 g/mol. The van der Waals surface area contributed by atoms with Gasteiger partial charge in [0.25, 0.3) is 0 Å². The van der Waals surface area contributed by atoms with Gasteiger partial charge in [0, 0.05) is 29.6 Å². The zero-order chi connectivity index (χ0) is 23.7. The van der Waals surface area contributed by atoms with Gasteiger partial charge in [-0.25, -0.2) is 4.98 Å². The van der Waals surface area contributed by atoms with E-state index in [1.807, 2.05) is 64.9 Å². The van der Waals surface area contributed by atoms with Crippen LogP contribution >= 0.6 is 11.6 Å². The SMILES string of the molecule is Cc1cccc(N2C[C@@H](c3nc4ccccc4n3C[C@@H](O)COc3ccc(Cl)cc3)CC2=O)c1. The van der Waals surface area contributed by atoms with E-state index in [1.165, 1.54) is 0 Å². The van der Waals surface area contributed by atoms with Gasteiger partial charge in [0.15, 0.2) is 0 Å². The number of aryl methyl sites for hydroxylation is 1. The lowest BCUT2D eigenvalue weighted by Crippen LogP contribution is -2.26. The average Bonchev–Trinajstić information content (AvgIpc) is 3.39. The minimum atomic E-state index is -0.753. The van der Waals surface area contributed by atoms with Crippen LogP contribution in [-0.2, 0) is 11.3 Å². The van der Waals surface area contributed by atoms with Crippen molar-refractivity contribution in [2.75, 3.05) is 18.1 Å². The van der Waals surface area contributed by atoms with Crippen molar-refractivity contribution in [3.63, 3.8) is 0 Å². The molecule has 1 saturated heterocycles. The molecule has 3 aromatic carbocycles. The van der Waals surface area contributed by atoms with Gasteiger partial charge in [0.2, 0.25) is 5.91 Å². The number of halogens is 1. The number of ether oxygens (including phenoxy) is 1. The van der Waals surface area contributed by atoms with Crippen molar-refractivity contribution in [2.24, 2.45) is 0 Å². The van der Waals surface area contributed by atoms with Gasteiger partial charge in [-0.1, -0.05) is 35.9 Å². The Hall–Kier alpha value is -3.35. The number of nitrogens with zero attached hydrogens (tertiary/aromatic N) is 3. The molecule has 0 radical (unpaired) electrons. The van der Waals surface area contributed by atoms with Crippen LogP contribution in [0.2, 0.25) is 5.02 Å². The Kier molecular flexibility index (Phi) is 6.26. The first-order valence-electron chi connectivity index (χ1n) is 11.4. The topological polar surface area (TPSA) is 67.6 Å². The third-order valence-electron chi connectivity index (χ3n) is 6.14. The molecule has 4 aromatic rings. The summed E-state index contributed by atoms with van der Waals surface area (Å²) in [4.78, 5) is 19.6. The normalized spacial score (nSPS) is 16.9. The number of anilines is 1. The monoisotopic (exact) mass is 475 g/mol. The highest BCUT2D eigenvalue weighted by Crippen LogP contribution is 2.33. The van der Waals surface area contributed by atoms with Gasteiger partial charge in [-0.05, 0) is 61.0 Å². The molecule has 5 rings (SSSR count). The van der Waals surface area contributed by atoms with Crippen LogP contribution in [0.15, 0.2) is 72.8 Å². The van der Waals surface area contributed by atoms with Crippen LogP contribution in [0.4, 0.5) is 5.69 Å². The number of carbonyl (C=O) groups is 1. The van der Waals surface area contributed by atoms with Crippen molar-refractivity contribution >= 4 is 34.2 Å². The summed E-state index contributed by atoms with van der Waals surface area (Å²) in [6.07, 6.45) is -0.369. The fraction of sp³-hybridized carbons (Fsp3) is 0.259. The zero-order valence-corrected chi connectivity index (χ0v) is 19.7. The van der Waals surface area contributed by atoms with Crippen molar-refractivity contribution in [3.05, 3.63) is 89.2 Å². The Labute approximate surface area is 203 Å². The molecule has 0 bridgehead atoms. The van der Waals surface area contributed by atoms with E-state index in [0.717, 1.165) is 28.1 Å². The summed E-state index contributed by atoms with van der Waals surface area (Å²) in [6, 6.07) is 22.9. The van der Waals surface area contributed by atoms with E-state index in [9.17, 15) is 9.90 Å². The fourth-order valence-corrected chi connectivity index (χ4v) is 4.64. The molecule has 7 heteroatoms. The van der Waals surface area contributed by atoms with Gasteiger partial charge in [-0.15, -0.1) is 0 Å². The summed E-state index contributed by atoms with van der Waals surface area (Å²) < 4.78 is 7.78. The molecule has 1 amide bonds. The number of aromatic nitrogens is 2. The third kappa shape index (κ3) is 4.65. The second-order valence-corrected chi connectivity index (χ2v) is 9.17. The molecule has 1 aliphatic heterocycles. The lowest BCUT2D eigenvalue weighted by Gasteiger charge is -2.19. The molecule has 1 fully saturated rings. The summed E-state index contributed by atoms with van der Waals surface area (Å²) in [5.74, 6) is 1.48. The summed E-state index contributed by atoms with van der Waals surface area (Å²) in [6.45, 7) is 3.03. The number of carbonyl (C=O) groups excluding carboxylic acids is 1. The van der Waals surface area contributed by atoms with Crippen molar-refractivity contribution in [1.82, 2.24) is 9.55 Å². The predicted octanol–water partition coefficient (Wildman–Crippen LogP) is 4.96. The van der Waals surface area contributed by atoms with Gasteiger partial charge >= 0.3 is 0 Å². The Balaban J connectivity index is 1.38. The molecule has 1 aliphatic rings. The molecule has 34 heavy (non-hydrogen) atoms. The number of para-hydroxylation sites is 2. The molecule has 0 unspecified atom stereocenters. The molecule has 6 nitrogen and oxygen atoms in total. The number of hydrogen-bond acceptors (Lipinski definition) is 4. The van der Waals surface area contributed by atoms with Crippen LogP contribution in [0.1, 0.15) is 23.7 Å². The Morgan fingerprint density at radius 1 is 1.12 bits per heavy atom. The van der Waals surface area contributed by atoms with E-state index in [-0.39, 0.29) is 18.4 Å². The summed E-state index contributed by atoms with van der Waals surface area (Å²) in [5.41, 5.74) is 3.81. The molecule has 0 spiro atoms. The standard InChI is InChI=1S/C27H26ClN3O3/c1-18-5-4-6-21(13-18)30-15-19(14-26(30)33)27-29-24-7-2-3-8-25(24)31(27)16-22(32)17-34-23-11-9-20(28)10-12-23/h2-13,19,22,32H,14-17H2,1H3/t19-,22+/m0/s1. The quantitative estimate of drug-likeness (QED) is 0.410. The Morgan fingerprint density at radius 3 is 2.71 bits per heavy atom. The summed E-state index contributed by atoms with van der Waals surface area (Å²) >= 11 is 5.93. The first kappa shape index (κ1) is 22.4. The van der Waals surface area contributed by atoms with E-state index in [1.54, 1.807) is 24.3 Å². The van der Waals surface area contributed by atoms with Gasteiger partial charge in [-0.2, -0.15) is 0 Å². The van der Waals surface area contributed by atoms with Gasteiger partial charge in [0.05, 0.1) is 17.6 Å². The number of amides is 1. The zero-order valence-electron chi connectivity index (χ0n) is 18.9. The van der Waals surface area contributed by atoms with Crippen LogP contribution in [-0.4, -0.2) is 39.8 Å². The highest BCUT2D eigenvalue weighted by Gasteiger charge is 2.35. The molecule has 2 heterocycles. The molecule has 1 N–H and O–H groups in total. The highest BCUT2D eigenvalue weighted by molar-refractivity contribution is 6.30. The predicted molar refractivity (Wildman–Crippen MR) is 134 cm³/mol. The number of imidazole rings is 1. The van der Waals surface area contributed by atoms with Crippen LogP contribution in [0.3, 0.4) is 0 Å². The Morgan fingerprint density at radius 2 is 1.91 bits per heavy atom. The smallest absolute Gasteiger partial charge is 0.227 e. The van der Waals surface area contributed by atoms with Crippen molar-refractivity contribution in [3.8, 4) is 5.75 Å². The van der Waals surface area contributed by atoms with Crippen molar-refractivity contribution in [1.29, 1.82) is 0 Å².